The van der Waals surface area contributed by atoms with Crippen LogP contribution in [0.5, 0.6) is 0 Å². The number of nitrogens with zero attached hydrogens (tertiary/aromatic N) is 3. The fourth-order valence-electron chi connectivity index (χ4n) is 5.98. The molecule has 1 aromatic rings. The molecule has 21 heavy (non-hydrogen) atoms. The van der Waals surface area contributed by atoms with Crippen molar-refractivity contribution in [1.82, 2.24) is 13.9 Å². The SMILES string of the molecule is Cn1c(=O)n2n(c1=O)[C@H]1C=C[C@H]2[C@]23C=C[C@@]12CC1(CC1)C3. The van der Waals surface area contributed by atoms with E-state index in [1.807, 2.05) is 0 Å². The zero-order valence-electron chi connectivity index (χ0n) is 12.0. The Morgan fingerprint density at radius 3 is 1.81 bits per heavy atom. The third-order valence-electron chi connectivity index (χ3n) is 7.09. The second kappa shape index (κ2) is 2.64. The van der Waals surface area contributed by atoms with E-state index >= 15 is 0 Å². The molecule has 108 valence electrons. The predicted octanol–water partition coefficient (Wildman–Crippen LogP) is 1.13. The first-order chi connectivity index (χ1) is 10.0. The molecule has 4 atom stereocenters. The topological polar surface area (TPSA) is 48.9 Å². The Hall–Kier alpha value is -1.78. The predicted molar refractivity (Wildman–Crippen MR) is 76.1 cm³/mol. The van der Waals surface area contributed by atoms with Crippen LogP contribution in [-0.4, -0.2) is 13.9 Å². The van der Waals surface area contributed by atoms with Crippen LogP contribution >= 0.6 is 0 Å². The van der Waals surface area contributed by atoms with Gasteiger partial charge in [-0.15, -0.1) is 0 Å². The van der Waals surface area contributed by atoms with Gasteiger partial charge in [0.05, 0.1) is 12.1 Å². The van der Waals surface area contributed by atoms with Gasteiger partial charge in [0.15, 0.2) is 0 Å². The third-order valence-corrected chi connectivity index (χ3v) is 7.09. The summed E-state index contributed by atoms with van der Waals surface area (Å²) in [5.74, 6) is 0. The molecular formula is C16H17N3O2. The summed E-state index contributed by atoms with van der Waals surface area (Å²) in [4.78, 5) is 25.0. The highest BCUT2D eigenvalue weighted by molar-refractivity contribution is 5.44. The number of rotatable bonds is 0. The molecule has 5 heteroatoms. The molecule has 2 saturated carbocycles. The molecule has 5 nitrogen and oxygen atoms in total. The molecule has 0 radical (unpaired) electrons. The van der Waals surface area contributed by atoms with Gasteiger partial charge in [0.25, 0.3) is 0 Å². The highest BCUT2D eigenvalue weighted by atomic mass is 16.2. The maximum absolute atomic E-state index is 12.5. The molecular weight excluding hydrogens is 266 g/mol. The van der Waals surface area contributed by atoms with Gasteiger partial charge in [-0.2, -0.15) is 0 Å². The quantitative estimate of drug-likeness (QED) is 0.670. The van der Waals surface area contributed by atoms with E-state index in [-0.39, 0.29) is 34.3 Å². The Morgan fingerprint density at radius 1 is 0.952 bits per heavy atom. The molecule has 1 spiro atoms. The normalized spacial score (nSPS) is 45.4. The summed E-state index contributed by atoms with van der Waals surface area (Å²) in [6.45, 7) is 0. The zero-order valence-corrected chi connectivity index (χ0v) is 12.0. The third kappa shape index (κ3) is 0.825. The minimum Gasteiger partial charge on any atom is -0.246 e. The summed E-state index contributed by atoms with van der Waals surface area (Å²) >= 11 is 0. The van der Waals surface area contributed by atoms with E-state index in [9.17, 15) is 9.59 Å². The Bertz CT molecular complexity index is 828. The molecule has 1 aromatic heterocycles. The first kappa shape index (κ1) is 10.9. The summed E-state index contributed by atoms with van der Waals surface area (Å²) in [5, 5.41) is 0. The van der Waals surface area contributed by atoms with Crippen LogP contribution < -0.4 is 11.4 Å². The number of aromatic nitrogens is 3. The van der Waals surface area contributed by atoms with Crippen molar-refractivity contribution in [2.75, 3.05) is 0 Å². The molecule has 0 saturated heterocycles. The van der Waals surface area contributed by atoms with Crippen LogP contribution in [0, 0.1) is 16.2 Å². The van der Waals surface area contributed by atoms with E-state index in [4.69, 9.17) is 0 Å². The van der Waals surface area contributed by atoms with E-state index in [2.05, 4.69) is 24.3 Å². The molecule has 3 heterocycles. The Morgan fingerprint density at radius 2 is 1.43 bits per heavy atom. The molecule has 0 aromatic carbocycles. The lowest BCUT2D eigenvalue weighted by Crippen LogP contribution is -2.61. The lowest BCUT2D eigenvalue weighted by Gasteiger charge is -2.61. The van der Waals surface area contributed by atoms with Crippen molar-refractivity contribution in [1.29, 1.82) is 0 Å². The average Bonchev–Trinajstić information content (AvgIpc) is 3.12. The number of hydrogen-bond donors (Lipinski definition) is 0. The number of allylic oxidation sites excluding steroid dienone is 4. The summed E-state index contributed by atoms with van der Waals surface area (Å²) in [5.41, 5.74) is 0.324. The van der Waals surface area contributed by atoms with Crippen LogP contribution in [0.3, 0.4) is 0 Å². The van der Waals surface area contributed by atoms with Gasteiger partial charge >= 0.3 is 11.4 Å². The highest BCUT2D eigenvalue weighted by Gasteiger charge is 2.76. The van der Waals surface area contributed by atoms with Crippen molar-refractivity contribution < 1.29 is 0 Å². The average molecular weight is 283 g/mol. The minimum atomic E-state index is -0.167. The van der Waals surface area contributed by atoms with Crippen LogP contribution in [0.4, 0.5) is 0 Å². The first-order valence-corrected chi connectivity index (χ1v) is 7.83. The van der Waals surface area contributed by atoms with Crippen LogP contribution in [0.15, 0.2) is 33.9 Å². The molecule has 0 unspecified atom stereocenters. The zero-order chi connectivity index (χ0) is 14.2. The van der Waals surface area contributed by atoms with Gasteiger partial charge in [-0.25, -0.2) is 23.5 Å². The first-order valence-electron chi connectivity index (χ1n) is 7.83. The Balaban J connectivity index is 1.72. The van der Waals surface area contributed by atoms with Crippen LogP contribution in [-0.2, 0) is 7.05 Å². The van der Waals surface area contributed by atoms with Crippen LogP contribution in [0.25, 0.3) is 0 Å². The van der Waals surface area contributed by atoms with Crippen molar-refractivity contribution in [2.45, 2.75) is 37.8 Å². The van der Waals surface area contributed by atoms with E-state index in [1.54, 1.807) is 16.4 Å². The second-order valence-electron chi connectivity index (χ2n) is 7.86. The van der Waals surface area contributed by atoms with Crippen molar-refractivity contribution in [2.24, 2.45) is 23.3 Å². The van der Waals surface area contributed by atoms with Crippen molar-refractivity contribution in [3.63, 3.8) is 0 Å². The van der Waals surface area contributed by atoms with Crippen molar-refractivity contribution in [3.05, 3.63) is 45.3 Å². The van der Waals surface area contributed by atoms with E-state index in [0.717, 1.165) is 0 Å². The van der Waals surface area contributed by atoms with Gasteiger partial charge in [-0.3, -0.25) is 0 Å². The lowest BCUT2D eigenvalue weighted by molar-refractivity contribution is -0.0229. The van der Waals surface area contributed by atoms with Gasteiger partial charge in [0.1, 0.15) is 0 Å². The van der Waals surface area contributed by atoms with Gasteiger partial charge in [-0.05, 0) is 31.1 Å². The summed E-state index contributed by atoms with van der Waals surface area (Å²) < 4.78 is 4.72. The Labute approximate surface area is 121 Å². The van der Waals surface area contributed by atoms with Crippen LogP contribution in [0.1, 0.15) is 37.8 Å². The maximum Gasteiger partial charge on any atom is 0.347 e. The lowest BCUT2D eigenvalue weighted by atomic mass is 9.48. The van der Waals surface area contributed by atoms with E-state index < -0.39 is 0 Å². The number of hydrogen-bond acceptors (Lipinski definition) is 2. The van der Waals surface area contributed by atoms with E-state index in [1.165, 1.54) is 30.3 Å². The fraction of sp³-hybridized carbons (Fsp3) is 0.625. The fourth-order valence-corrected chi connectivity index (χ4v) is 5.98. The molecule has 6 aliphatic rings. The molecule has 2 aliphatic heterocycles. The standard InChI is InChI=1S/C16H17N3O2/c1-17-12(20)18-10-2-3-11(19(18)13(17)21)16-7-6-15(10,16)8-14(9-16)4-5-14/h2-3,6-7,10-11H,4-5,8-9H2,1H3/t10-,11-,15+,16+/m0/s1. The monoisotopic (exact) mass is 283 g/mol. The van der Waals surface area contributed by atoms with Gasteiger partial charge < -0.3 is 0 Å². The van der Waals surface area contributed by atoms with Crippen molar-refractivity contribution in [3.8, 4) is 0 Å². The van der Waals surface area contributed by atoms with Crippen molar-refractivity contribution >= 4 is 0 Å². The molecule has 0 amide bonds. The summed E-state index contributed by atoms with van der Waals surface area (Å²) in [6.07, 6.45) is 14.1. The maximum atomic E-state index is 12.5. The van der Waals surface area contributed by atoms with Gasteiger partial charge in [-0.1, -0.05) is 24.3 Å². The molecule has 7 rings (SSSR count). The summed E-state index contributed by atoms with van der Waals surface area (Å²) in [6, 6.07) is 0.0442. The van der Waals surface area contributed by atoms with E-state index in [0.29, 0.717) is 5.41 Å². The molecule has 2 bridgehead atoms. The summed E-state index contributed by atoms with van der Waals surface area (Å²) in [7, 11) is 1.59. The highest BCUT2D eigenvalue weighted by Crippen LogP contribution is 2.82. The minimum absolute atomic E-state index is 0.0221. The van der Waals surface area contributed by atoms with Gasteiger partial charge in [0, 0.05) is 17.9 Å². The van der Waals surface area contributed by atoms with Gasteiger partial charge in [0.2, 0.25) is 0 Å². The molecule has 0 N–H and O–H groups in total. The van der Waals surface area contributed by atoms with Crippen LogP contribution in [0.2, 0.25) is 0 Å². The Kier molecular flexibility index (Phi) is 1.37. The smallest absolute Gasteiger partial charge is 0.246 e. The molecule has 4 aliphatic carbocycles. The largest absolute Gasteiger partial charge is 0.347 e. The molecule has 2 fully saturated rings. The second-order valence-corrected chi connectivity index (χ2v) is 7.86.